The van der Waals surface area contributed by atoms with Gasteiger partial charge in [0, 0.05) is 40.4 Å². The molecular weight excluding hydrogens is 498 g/mol. The van der Waals surface area contributed by atoms with Gasteiger partial charge in [0.05, 0.1) is 0 Å². The summed E-state index contributed by atoms with van der Waals surface area (Å²) in [6.07, 6.45) is -0.376. The first-order valence-electron chi connectivity index (χ1n) is 9.47. The van der Waals surface area contributed by atoms with Crippen LogP contribution in [-0.4, -0.2) is 86.1 Å². The average molecular weight is 528 g/mol. The van der Waals surface area contributed by atoms with Crippen LogP contribution >= 0.6 is 24.6 Å². The first-order valence-corrected chi connectivity index (χ1v) is 10.9. The van der Waals surface area contributed by atoms with Gasteiger partial charge in [-0.25, -0.2) is 4.79 Å². The molecule has 34 heavy (non-hydrogen) atoms. The minimum absolute atomic E-state index is 0.135. The molecule has 3 unspecified atom stereocenters. The summed E-state index contributed by atoms with van der Waals surface area (Å²) in [5.41, 5.74) is 5.23. The van der Waals surface area contributed by atoms with E-state index < -0.39 is 59.1 Å². The summed E-state index contributed by atoms with van der Waals surface area (Å²) in [6.45, 7) is 3.89. The van der Waals surface area contributed by atoms with Gasteiger partial charge in [-0.1, -0.05) is 0 Å². The Labute approximate surface area is 204 Å². The number of nitrogens with two attached hydrogens (primary N) is 1. The van der Waals surface area contributed by atoms with Crippen molar-refractivity contribution in [2.24, 2.45) is 10.3 Å². The van der Waals surface area contributed by atoms with Crippen LogP contribution in [0.4, 0.5) is 0 Å². The Kier molecular flexibility index (Phi) is 16.3. The SMILES string of the molecule is CC(=O)NC(C(=O)O)C(C)(C)S.NC(CCC(=O)NC(CSN=O)C(=O)NCC(=O)O)C(=O)O. The van der Waals surface area contributed by atoms with E-state index in [-0.39, 0.29) is 24.5 Å². The fraction of sp³-hybridized carbons (Fsp3) is 0.647. The third-order valence-electron chi connectivity index (χ3n) is 3.66. The second-order valence-corrected chi connectivity index (χ2v) is 9.10. The van der Waals surface area contributed by atoms with Crippen LogP contribution in [0.15, 0.2) is 4.58 Å². The van der Waals surface area contributed by atoms with Crippen LogP contribution in [0.5, 0.6) is 0 Å². The molecule has 0 fully saturated rings. The summed E-state index contributed by atoms with van der Waals surface area (Å²) < 4.78 is 1.71. The van der Waals surface area contributed by atoms with E-state index in [0.717, 1.165) is 0 Å². The number of nitrogens with zero attached hydrogens (tertiary/aromatic N) is 1. The number of carbonyl (C=O) groups excluding carboxylic acids is 3. The van der Waals surface area contributed by atoms with Crippen LogP contribution in [0, 0.1) is 4.91 Å². The molecule has 0 bridgehead atoms. The maximum Gasteiger partial charge on any atom is 0.327 e. The lowest BCUT2D eigenvalue weighted by Crippen LogP contribution is -2.50. The number of thiol groups is 1. The molecule has 0 saturated carbocycles. The predicted molar refractivity (Wildman–Crippen MR) is 124 cm³/mol. The molecule has 0 aliphatic carbocycles. The Morgan fingerprint density at radius 2 is 1.62 bits per heavy atom. The monoisotopic (exact) mass is 527 g/mol. The van der Waals surface area contributed by atoms with Crippen molar-refractivity contribution in [3.05, 3.63) is 4.91 Å². The van der Waals surface area contributed by atoms with E-state index in [1.807, 2.05) is 0 Å². The highest BCUT2D eigenvalue weighted by Gasteiger charge is 2.32. The standard InChI is InChI=1S/C10H16N4O7S.C7H13NO3S/c11-5(10(19)20)1-2-7(15)13-6(4-22-14-21)9(18)12-3-8(16)17;1-4(9)8-5(6(10)11)7(2,3)12/h5-6H,1-4,11H2,(H,12,18)(H,13,15)(H,16,17)(H,19,20);5,12H,1-3H3,(H,8,9)(H,10,11). The molecule has 0 aliphatic heterocycles. The van der Waals surface area contributed by atoms with Crippen molar-refractivity contribution in [3.63, 3.8) is 0 Å². The first-order chi connectivity index (χ1) is 15.5. The number of carboxylic acids is 3. The van der Waals surface area contributed by atoms with Crippen molar-refractivity contribution in [1.29, 1.82) is 0 Å². The minimum atomic E-state index is -1.27. The molecule has 15 nitrogen and oxygen atoms in total. The van der Waals surface area contributed by atoms with Crippen LogP contribution < -0.4 is 21.7 Å². The molecular formula is C17H29N5O10S2. The van der Waals surface area contributed by atoms with Crippen molar-refractivity contribution in [3.8, 4) is 0 Å². The van der Waals surface area contributed by atoms with E-state index in [4.69, 9.17) is 21.1 Å². The number of amides is 3. The van der Waals surface area contributed by atoms with E-state index in [9.17, 15) is 33.7 Å². The van der Waals surface area contributed by atoms with Crippen LogP contribution in [-0.2, 0) is 28.8 Å². The van der Waals surface area contributed by atoms with Gasteiger partial charge in [0.25, 0.3) is 0 Å². The minimum Gasteiger partial charge on any atom is -0.480 e. The van der Waals surface area contributed by atoms with Gasteiger partial charge in [0.1, 0.15) is 24.7 Å². The third-order valence-corrected chi connectivity index (χ3v) is 4.51. The molecule has 0 heterocycles. The van der Waals surface area contributed by atoms with Crippen LogP contribution in [0.3, 0.4) is 0 Å². The largest absolute Gasteiger partial charge is 0.480 e. The van der Waals surface area contributed by atoms with Crippen molar-refractivity contribution >= 4 is 60.2 Å². The van der Waals surface area contributed by atoms with E-state index >= 15 is 0 Å². The smallest absolute Gasteiger partial charge is 0.327 e. The Morgan fingerprint density at radius 1 is 1.06 bits per heavy atom. The number of hydrogen-bond acceptors (Lipinski definition) is 11. The zero-order valence-corrected chi connectivity index (χ0v) is 20.4. The molecule has 0 aliphatic rings. The van der Waals surface area contributed by atoms with Gasteiger partial charge in [-0.05, 0) is 20.3 Å². The van der Waals surface area contributed by atoms with Crippen molar-refractivity contribution in [2.45, 2.75) is 56.5 Å². The van der Waals surface area contributed by atoms with Gasteiger partial charge in [0.15, 0.2) is 0 Å². The van der Waals surface area contributed by atoms with Gasteiger partial charge in [-0.2, -0.15) is 12.6 Å². The number of nitrogens with one attached hydrogen (secondary N) is 3. The number of nitroso groups, excluding NO2 is 1. The van der Waals surface area contributed by atoms with E-state index in [0.29, 0.717) is 11.9 Å². The van der Waals surface area contributed by atoms with Gasteiger partial charge < -0.3 is 37.0 Å². The summed E-state index contributed by atoms with van der Waals surface area (Å²) in [4.78, 5) is 75.4. The average Bonchev–Trinajstić information content (AvgIpc) is 2.70. The lowest BCUT2D eigenvalue weighted by Gasteiger charge is -2.26. The number of aliphatic carboxylic acids is 3. The molecule has 194 valence electrons. The fourth-order valence-electron chi connectivity index (χ4n) is 1.99. The Morgan fingerprint density at radius 3 is 1.97 bits per heavy atom. The summed E-state index contributed by atoms with van der Waals surface area (Å²) in [6, 6.07) is -3.34. The Bertz CT molecular complexity index is 759. The molecule has 0 radical (unpaired) electrons. The van der Waals surface area contributed by atoms with Crippen molar-refractivity contribution in [1.82, 2.24) is 16.0 Å². The van der Waals surface area contributed by atoms with Crippen LogP contribution in [0.25, 0.3) is 0 Å². The van der Waals surface area contributed by atoms with E-state index in [1.165, 1.54) is 6.92 Å². The molecule has 0 rings (SSSR count). The van der Waals surface area contributed by atoms with Crippen LogP contribution in [0.2, 0.25) is 0 Å². The summed E-state index contributed by atoms with van der Waals surface area (Å²) >= 11 is 4.55. The molecule has 0 aromatic carbocycles. The second kappa shape index (κ2) is 16.7. The first kappa shape index (κ1) is 33.3. The summed E-state index contributed by atoms with van der Waals surface area (Å²) in [7, 11) is 0. The zero-order valence-electron chi connectivity index (χ0n) is 18.6. The van der Waals surface area contributed by atoms with E-state index in [1.54, 1.807) is 13.8 Å². The molecule has 0 aromatic heterocycles. The third kappa shape index (κ3) is 16.7. The molecule has 0 spiro atoms. The number of carboxylic acid groups (broad SMARTS) is 3. The number of hydrogen-bond donors (Lipinski definition) is 8. The topological polar surface area (TPSA) is 255 Å². The zero-order chi connectivity index (χ0) is 27.1. The normalized spacial score (nSPS) is 13.1. The Hall–Kier alpha value is -2.92. The molecule has 0 aromatic rings. The lowest BCUT2D eigenvalue weighted by molar-refractivity contribution is -0.142. The summed E-state index contributed by atoms with van der Waals surface area (Å²) in [5, 5.41) is 32.3. The van der Waals surface area contributed by atoms with Crippen molar-refractivity contribution in [2.75, 3.05) is 12.3 Å². The highest BCUT2D eigenvalue weighted by atomic mass is 32.2. The molecule has 8 N–H and O–H groups in total. The summed E-state index contributed by atoms with van der Waals surface area (Å²) in [5.74, 6) is -5.62. The molecule has 3 amide bonds. The number of carbonyl (C=O) groups is 6. The highest BCUT2D eigenvalue weighted by Crippen LogP contribution is 2.17. The maximum atomic E-state index is 11.7. The lowest BCUT2D eigenvalue weighted by atomic mass is 10.0. The highest BCUT2D eigenvalue weighted by molar-refractivity contribution is 7.97. The quantitative estimate of drug-likeness (QED) is 0.0734. The van der Waals surface area contributed by atoms with E-state index in [2.05, 4.69) is 33.2 Å². The molecule has 17 heteroatoms. The van der Waals surface area contributed by atoms with Gasteiger partial charge in [-0.15, -0.1) is 4.91 Å². The maximum absolute atomic E-state index is 11.7. The second-order valence-electron chi connectivity index (χ2n) is 7.21. The van der Waals surface area contributed by atoms with Gasteiger partial charge >= 0.3 is 17.9 Å². The molecule has 0 saturated heterocycles. The Balaban J connectivity index is 0. The predicted octanol–water partition coefficient (Wildman–Crippen LogP) is -1.44. The van der Waals surface area contributed by atoms with Gasteiger partial charge in [-0.3, -0.25) is 24.0 Å². The van der Waals surface area contributed by atoms with Crippen molar-refractivity contribution < 1.29 is 44.1 Å². The fourth-order valence-corrected chi connectivity index (χ4v) is 2.61. The molecule has 3 atom stereocenters. The number of rotatable bonds is 14. The van der Waals surface area contributed by atoms with Crippen LogP contribution in [0.1, 0.15) is 33.6 Å². The van der Waals surface area contributed by atoms with Gasteiger partial charge in [0.2, 0.25) is 17.7 Å².